The fourth-order valence-electron chi connectivity index (χ4n) is 8.42. The van der Waals surface area contributed by atoms with Crippen molar-refractivity contribution in [1.82, 2.24) is 20.5 Å². The van der Waals surface area contributed by atoms with Crippen molar-refractivity contribution in [2.75, 3.05) is 73.0 Å². The third-order valence-electron chi connectivity index (χ3n) is 12.4. The van der Waals surface area contributed by atoms with Crippen molar-refractivity contribution >= 4 is 51.7 Å². The summed E-state index contributed by atoms with van der Waals surface area (Å²) >= 11 is 1.33. The minimum absolute atomic E-state index is 0.104. The summed E-state index contributed by atoms with van der Waals surface area (Å²) in [5.74, 6) is 0.154. The van der Waals surface area contributed by atoms with Gasteiger partial charge >= 0.3 is 0 Å². The average molecular weight is 1040 g/mol. The van der Waals surface area contributed by atoms with Gasteiger partial charge in [-0.05, 0) is 103 Å². The Morgan fingerprint density at radius 2 is 1.39 bits per heavy atom. The molecule has 1 fully saturated rings. The second-order valence-electron chi connectivity index (χ2n) is 17.6. The lowest BCUT2D eigenvalue weighted by molar-refractivity contribution is -0.126. The molecule has 1 aliphatic heterocycles. The maximum Gasteiger partial charge on any atom is 0.269 e. The number of hydrogen-bond donors (Lipinski definition) is 3. The first-order chi connectivity index (χ1) is 36.6. The number of aromatic hydroxyl groups is 1. The molecule has 6 aromatic rings. The number of phenols is 1. The minimum Gasteiger partial charge on any atom is -0.508 e. The van der Waals surface area contributed by atoms with Crippen LogP contribution in [0.3, 0.4) is 0 Å². The van der Waals surface area contributed by atoms with Gasteiger partial charge in [-0.15, -0.1) is 11.3 Å². The van der Waals surface area contributed by atoms with E-state index in [0.717, 1.165) is 40.7 Å². The number of aliphatic imine (C=N–C) groups is 1. The number of allylic oxidation sites excluding steroid dienone is 1. The molecule has 16 heteroatoms. The standard InChI is InChI=1S/C59H65N5O10S/c1-4-50(43-15-9-6-10-16-43)55(44-20-24-47(65)25-21-44)45-22-26-48(27-23-45)73-30-28-61-54(66)39-72-34-33-70-31-32-71-35-36-74-49-18-11-17-46(38-49)56(67)52-40-75-58(63-52)53-19-12-29-64(53)59(69)51(62-57(68)41(2)60-3)37-42-13-7-5-8-14-42/h5-11,13-18,20-27,38,40-41,53,60,65H,4,12,19,28-37,39H2,1-3H3,(H,61,66)/b55-50-,62-51?/t41-,53-/m0/s1. The van der Waals surface area contributed by atoms with E-state index >= 15 is 0 Å². The number of amides is 3. The van der Waals surface area contributed by atoms with E-state index in [1.807, 2.05) is 84.9 Å². The molecule has 15 nitrogen and oxygen atoms in total. The van der Waals surface area contributed by atoms with Gasteiger partial charge in [0.25, 0.3) is 11.8 Å². The maximum absolute atomic E-state index is 14.0. The van der Waals surface area contributed by atoms with E-state index in [-0.39, 0.29) is 73.6 Å². The largest absolute Gasteiger partial charge is 0.508 e. The summed E-state index contributed by atoms with van der Waals surface area (Å²) in [5.41, 5.74) is 7.19. The van der Waals surface area contributed by atoms with Gasteiger partial charge in [0.05, 0.1) is 51.7 Å². The van der Waals surface area contributed by atoms with Gasteiger partial charge in [0.15, 0.2) is 0 Å². The number of ketones is 1. The van der Waals surface area contributed by atoms with Gasteiger partial charge in [0, 0.05) is 23.9 Å². The van der Waals surface area contributed by atoms with Gasteiger partial charge in [0.2, 0.25) is 11.7 Å². The van der Waals surface area contributed by atoms with Crippen molar-refractivity contribution < 1.29 is 48.0 Å². The third kappa shape index (κ3) is 16.3. The fourth-order valence-corrected chi connectivity index (χ4v) is 9.36. The van der Waals surface area contributed by atoms with Gasteiger partial charge in [-0.1, -0.05) is 104 Å². The zero-order chi connectivity index (χ0) is 52.8. The van der Waals surface area contributed by atoms with Crippen LogP contribution in [0.15, 0.2) is 144 Å². The molecule has 1 aliphatic rings. The van der Waals surface area contributed by atoms with Crippen molar-refractivity contribution in [2.45, 2.75) is 51.6 Å². The fraction of sp³-hybridized carbons (Fsp3) is 0.322. The van der Waals surface area contributed by atoms with E-state index in [1.165, 1.54) is 16.9 Å². The lowest BCUT2D eigenvalue weighted by atomic mass is 9.88. The van der Waals surface area contributed by atoms with Crippen molar-refractivity contribution in [1.29, 1.82) is 0 Å². The summed E-state index contributed by atoms with van der Waals surface area (Å²) in [6.07, 6.45) is 2.47. The van der Waals surface area contributed by atoms with Gasteiger partial charge in [0.1, 0.15) is 53.5 Å². The zero-order valence-electron chi connectivity index (χ0n) is 42.7. The number of carbonyl (C=O) groups excluding carboxylic acids is 4. The van der Waals surface area contributed by atoms with Crippen LogP contribution in [0.5, 0.6) is 17.2 Å². The summed E-state index contributed by atoms with van der Waals surface area (Å²) in [5, 5.41) is 18.0. The number of aromatic nitrogens is 1. The molecule has 3 N–H and O–H groups in total. The predicted molar refractivity (Wildman–Crippen MR) is 290 cm³/mol. The Labute approximate surface area is 442 Å². The third-order valence-corrected chi connectivity index (χ3v) is 13.3. The number of nitrogens with one attached hydrogen (secondary N) is 2. The summed E-state index contributed by atoms with van der Waals surface area (Å²) in [6, 6.07) is 40.9. The smallest absolute Gasteiger partial charge is 0.269 e. The highest BCUT2D eigenvalue weighted by Crippen LogP contribution is 2.37. The second kappa shape index (κ2) is 28.9. The van der Waals surface area contributed by atoms with Crippen molar-refractivity contribution in [3.05, 3.63) is 177 Å². The van der Waals surface area contributed by atoms with E-state index in [4.69, 9.17) is 28.7 Å². The number of likely N-dealkylation sites (tertiary alicyclic amines) is 1. The number of thiazole rings is 1. The summed E-state index contributed by atoms with van der Waals surface area (Å²) in [4.78, 5) is 63.6. The van der Waals surface area contributed by atoms with Crippen LogP contribution in [0, 0.1) is 0 Å². The quantitative estimate of drug-likeness (QED) is 0.0184. The van der Waals surface area contributed by atoms with E-state index in [1.54, 1.807) is 60.6 Å². The number of phenolic OH excluding ortho intramolecular Hbond substituents is 1. The van der Waals surface area contributed by atoms with Crippen LogP contribution in [0.4, 0.5) is 0 Å². The van der Waals surface area contributed by atoms with Gasteiger partial charge < -0.3 is 44.3 Å². The number of benzene rings is 5. The zero-order valence-corrected chi connectivity index (χ0v) is 43.5. The first-order valence-corrected chi connectivity index (χ1v) is 26.2. The first-order valence-electron chi connectivity index (χ1n) is 25.3. The van der Waals surface area contributed by atoms with Crippen LogP contribution in [0.1, 0.15) is 82.5 Å². The highest BCUT2D eigenvalue weighted by atomic mass is 32.1. The topological polar surface area (TPSA) is 187 Å². The van der Waals surface area contributed by atoms with Crippen molar-refractivity contribution in [2.24, 2.45) is 4.99 Å². The van der Waals surface area contributed by atoms with Crippen molar-refractivity contribution in [3.8, 4) is 17.2 Å². The van der Waals surface area contributed by atoms with Crippen LogP contribution >= 0.6 is 11.3 Å². The highest BCUT2D eigenvalue weighted by Gasteiger charge is 2.35. The molecule has 1 saturated heterocycles. The van der Waals surface area contributed by atoms with E-state index < -0.39 is 11.9 Å². The van der Waals surface area contributed by atoms with Crippen LogP contribution in [-0.2, 0) is 35.0 Å². The minimum atomic E-state index is -0.543. The molecule has 2 atom stereocenters. The Balaban J connectivity index is 0.757. The maximum atomic E-state index is 14.0. The molecule has 2 heterocycles. The number of ether oxygens (including phenoxy) is 5. The molecule has 0 spiro atoms. The normalized spacial score (nSPS) is 14.3. The highest BCUT2D eigenvalue weighted by molar-refractivity contribution is 7.10. The molecule has 0 unspecified atom stereocenters. The average Bonchev–Trinajstić information content (AvgIpc) is 4.15. The summed E-state index contributed by atoms with van der Waals surface area (Å²) in [7, 11) is 1.67. The number of nitrogens with zero attached hydrogens (tertiary/aromatic N) is 3. The van der Waals surface area contributed by atoms with Crippen LogP contribution in [-0.4, -0.2) is 123 Å². The lowest BCUT2D eigenvalue weighted by Gasteiger charge is -2.24. The molecular weight excluding hydrogens is 971 g/mol. The van der Waals surface area contributed by atoms with E-state index in [2.05, 4.69) is 34.7 Å². The Bertz CT molecular complexity index is 2860. The number of carbonyl (C=O) groups is 4. The number of hydrogen-bond acceptors (Lipinski definition) is 13. The molecular formula is C59H65N5O10S. The van der Waals surface area contributed by atoms with Crippen LogP contribution in [0.25, 0.3) is 11.1 Å². The molecule has 5 aromatic carbocycles. The molecule has 75 heavy (non-hydrogen) atoms. The van der Waals surface area contributed by atoms with Crippen molar-refractivity contribution in [3.63, 3.8) is 0 Å². The van der Waals surface area contributed by atoms with Gasteiger partial charge in [-0.25, -0.2) is 9.98 Å². The molecule has 1 aromatic heterocycles. The van der Waals surface area contributed by atoms with Gasteiger partial charge in [-0.2, -0.15) is 0 Å². The molecule has 0 aliphatic carbocycles. The molecule has 0 radical (unpaired) electrons. The molecule has 3 amide bonds. The molecule has 7 rings (SSSR count). The monoisotopic (exact) mass is 1040 g/mol. The van der Waals surface area contributed by atoms with Gasteiger partial charge in [-0.3, -0.25) is 19.2 Å². The predicted octanol–water partition coefficient (Wildman–Crippen LogP) is 8.55. The SMILES string of the molecule is CC/C(=C(\c1ccc(O)cc1)c1ccc(OCCNC(=O)COCCOCCOCCOc2cccc(C(=O)c3csc([C@@H]4CCCN4C(=O)C(Cc4ccccc4)=NC(=O)[C@H](C)NC)n3)c2)cc1)c1ccccc1. The Morgan fingerprint density at radius 1 is 0.747 bits per heavy atom. The second-order valence-corrected chi connectivity index (χ2v) is 18.5. The van der Waals surface area contributed by atoms with E-state index in [9.17, 15) is 24.3 Å². The van der Waals surface area contributed by atoms with Crippen LogP contribution < -0.4 is 20.1 Å². The Hall–Kier alpha value is -7.34. The van der Waals surface area contributed by atoms with E-state index in [0.29, 0.717) is 68.0 Å². The first kappa shape index (κ1) is 55.4. The lowest BCUT2D eigenvalue weighted by Crippen LogP contribution is -2.39. The molecule has 0 bridgehead atoms. The van der Waals surface area contributed by atoms with Crippen LogP contribution in [0.2, 0.25) is 0 Å². The Kier molecular flexibility index (Phi) is 21.4. The summed E-state index contributed by atoms with van der Waals surface area (Å²) in [6.45, 7) is 6.58. The molecule has 392 valence electrons. The number of rotatable bonds is 28. The number of likely N-dealkylation sites (N-methyl/N-ethyl adjacent to an activating group) is 1. The molecule has 0 saturated carbocycles. The summed E-state index contributed by atoms with van der Waals surface area (Å²) < 4.78 is 28.5. The Morgan fingerprint density at radius 3 is 2.08 bits per heavy atom.